The van der Waals surface area contributed by atoms with Crippen LogP contribution in [-0.4, -0.2) is 44.8 Å². The number of carbonyl (C=O) groups is 1. The molecule has 0 amide bonds. The number of H-pyrrole nitrogens is 2. The highest BCUT2D eigenvalue weighted by Crippen LogP contribution is 2.52. The Kier molecular flexibility index (Phi) is 7.31. The summed E-state index contributed by atoms with van der Waals surface area (Å²) in [6, 6.07) is 9.70. The third kappa shape index (κ3) is 4.66. The van der Waals surface area contributed by atoms with Gasteiger partial charge in [-0.1, -0.05) is 18.2 Å². The first-order valence-corrected chi connectivity index (χ1v) is 14.6. The third-order valence-corrected chi connectivity index (χ3v) is 8.70. The lowest BCUT2D eigenvalue weighted by Crippen LogP contribution is -2.51. The summed E-state index contributed by atoms with van der Waals surface area (Å²) in [5.41, 5.74) is -1.75. The number of nitrogens with one attached hydrogen (secondary N) is 2. The molecule has 0 aliphatic carbocycles. The zero-order chi connectivity index (χ0) is 31.4. The zero-order valence-corrected chi connectivity index (χ0v) is 24.1. The van der Waals surface area contributed by atoms with E-state index >= 15 is 17.6 Å². The molecule has 3 aromatic carbocycles. The molecule has 0 unspecified atom stereocenters. The van der Waals surface area contributed by atoms with Crippen LogP contribution in [0.5, 0.6) is 17.2 Å². The molecule has 13 heteroatoms. The molecule has 0 bridgehead atoms. The van der Waals surface area contributed by atoms with Gasteiger partial charge in [0.05, 0.1) is 21.7 Å². The number of fused-ring (bicyclic) bond motifs is 2. The Balaban J connectivity index is 1.39. The van der Waals surface area contributed by atoms with Crippen molar-refractivity contribution in [2.45, 2.75) is 36.0 Å². The SMILES string of the molecule is CSc1c(Oc2ccc(F)c(-c3nc([C@]4(C)c5cccc(CCC(=O)O)c5OCC4(F)F)c[nH]3)c2)c(F)c(F)c2[nH]ccc12. The number of aliphatic carboxylic acids is 1. The number of aromatic nitrogens is 3. The predicted octanol–water partition coefficient (Wildman–Crippen LogP) is 7.84. The van der Waals surface area contributed by atoms with E-state index in [-0.39, 0.29) is 58.3 Å². The molecule has 0 spiro atoms. The average molecular weight is 630 g/mol. The summed E-state index contributed by atoms with van der Waals surface area (Å²) < 4.78 is 87.4. The molecule has 1 aliphatic heterocycles. The maximum atomic E-state index is 15.7. The largest absolute Gasteiger partial charge is 0.487 e. The number of carboxylic acids is 1. The number of hydrogen-bond donors (Lipinski definition) is 3. The van der Waals surface area contributed by atoms with E-state index in [0.717, 1.165) is 17.8 Å². The number of benzene rings is 3. The lowest BCUT2D eigenvalue weighted by molar-refractivity contribution is -0.137. The first-order chi connectivity index (χ1) is 21.0. The van der Waals surface area contributed by atoms with Crippen LogP contribution in [0.4, 0.5) is 22.0 Å². The van der Waals surface area contributed by atoms with Crippen LogP contribution in [0.25, 0.3) is 22.3 Å². The second-order valence-electron chi connectivity index (χ2n) is 10.4. The minimum atomic E-state index is -3.45. The fraction of sp³-hybridized carbons (Fsp3) is 0.226. The Morgan fingerprint density at radius 2 is 1.93 bits per heavy atom. The second kappa shape index (κ2) is 10.9. The van der Waals surface area contributed by atoms with Crippen LogP contribution in [0.15, 0.2) is 59.8 Å². The van der Waals surface area contributed by atoms with Crippen LogP contribution in [-0.2, 0) is 16.6 Å². The normalized spacial score (nSPS) is 17.3. The number of nitrogens with zero attached hydrogens (tertiary/aromatic N) is 1. The number of hydrogen-bond acceptors (Lipinski definition) is 5. The number of halogens is 5. The molecule has 1 aliphatic rings. The van der Waals surface area contributed by atoms with E-state index in [4.69, 9.17) is 14.6 Å². The van der Waals surface area contributed by atoms with Crippen molar-refractivity contribution in [2.24, 2.45) is 0 Å². The Morgan fingerprint density at radius 3 is 2.68 bits per heavy atom. The molecule has 1 atom stereocenters. The van der Waals surface area contributed by atoms with Crippen LogP contribution >= 0.6 is 11.8 Å². The highest BCUT2D eigenvalue weighted by molar-refractivity contribution is 7.99. The second-order valence-corrected chi connectivity index (χ2v) is 11.3. The zero-order valence-electron chi connectivity index (χ0n) is 23.2. The number of ether oxygens (including phenoxy) is 2. The topological polar surface area (TPSA) is 100 Å². The molecule has 0 saturated carbocycles. The van der Waals surface area contributed by atoms with Gasteiger partial charge in [-0.3, -0.25) is 4.79 Å². The molecular weight excluding hydrogens is 605 g/mol. The number of imidazole rings is 1. The summed E-state index contributed by atoms with van der Waals surface area (Å²) in [5, 5.41) is 9.52. The number of alkyl halides is 2. The first-order valence-electron chi connectivity index (χ1n) is 13.4. The molecule has 3 N–H and O–H groups in total. The summed E-state index contributed by atoms with van der Waals surface area (Å²) in [4.78, 5) is 21.2. The molecular formula is C31H24F5N3O4S. The maximum Gasteiger partial charge on any atom is 0.303 e. The standard InChI is InChI=1S/C31H24F5N3O4S/c1-30(19-5-3-4-15(6-9-22(40)41)26(19)42-14-31(30,35)36)21-13-38-29(39-21)18-12-16(7-8-20(18)32)43-27-24(34)23(33)25-17(10-11-37-25)28(27)44-2/h3-5,7-8,10-13,37H,6,9,14H2,1-2H3,(H,38,39)(H,40,41)/t30-/m0/s1. The molecule has 0 saturated heterocycles. The number of aromatic amines is 2. The van der Waals surface area contributed by atoms with Crippen molar-refractivity contribution >= 4 is 28.6 Å². The number of thioether (sulfide) groups is 1. The van der Waals surface area contributed by atoms with E-state index in [1.165, 1.54) is 37.5 Å². The summed E-state index contributed by atoms with van der Waals surface area (Å²) in [6.07, 6.45) is 4.25. The van der Waals surface area contributed by atoms with Gasteiger partial charge in [0, 0.05) is 29.8 Å². The third-order valence-electron chi connectivity index (χ3n) is 7.89. The van der Waals surface area contributed by atoms with Crippen molar-refractivity contribution in [1.29, 1.82) is 0 Å². The Bertz CT molecular complexity index is 1920. The van der Waals surface area contributed by atoms with E-state index in [1.54, 1.807) is 24.5 Å². The smallest absolute Gasteiger partial charge is 0.303 e. The van der Waals surface area contributed by atoms with Gasteiger partial charge in [-0.2, -0.15) is 4.39 Å². The molecule has 0 radical (unpaired) electrons. The Morgan fingerprint density at radius 1 is 1.14 bits per heavy atom. The van der Waals surface area contributed by atoms with Crippen molar-refractivity contribution in [2.75, 3.05) is 12.9 Å². The molecule has 7 nitrogen and oxygen atoms in total. The van der Waals surface area contributed by atoms with Crippen LogP contribution in [0, 0.1) is 17.5 Å². The average Bonchev–Trinajstić information content (AvgIpc) is 3.69. The van der Waals surface area contributed by atoms with Crippen LogP contribution in [0.3, 0.4) is 0 Å². The van der Waals surface area contributed by atoms with Gasteiger partial charge in [0.1, 0.15) is 28.6 Å². The van der Waals surface area contributed by atoms with E-state index < -0.39 is 41.4 Å². The number of carboxylic acid groups (broad SMARTS) is 1. The number of aryl methyl sites for hydroxylation is 1. The van der Waals surface area contributed by atoms with E-state index in [9.17, 15) is 9.18 Å². The maximum absolute atomic E-state index is 15.7. The van der Waals surface area contributed by atoms with Crippen LogP contribution in [0.2, 0.25) is 0 Å². The van der Waals surface area contributed by atoms with E-state index in [1.807, 2.05) is 0 Å². The minimum absolute atomic E-state index is 0.0175. The lowest BCUT2D eigenvalue weighted by Gasteiger charge is -2.41. The van der Waals surface area contributed by atoms with Gasteiger partial charge in [-0.05, 0) is 49.4 Å². The van der Waals surface area contributed by atoms with Crippen molar-refractivity contribution in [3.05, 3.63) is 89.1 Å². The fourth-order valence-corrected chi connectivity index (χ4v) is 6.17. The highest BCUT2D eigenvalue weighted by atomic mass is 32.2. The first kappa shape index (κ1) is 29.5. The van der Waals surface area contributed by atoms with Gasteiger partial charge >= 0.3 is 5.97 Å². The van der Waals surface area contributed by atoms with Gasteiger partial charge in [-0.25, -0.2) is 22.5 Å². The molecule has 5 aromatic rings. The number of para-hydroxylation sites is 1. The minimum Gasteiger partial charge on any atom is -0.487 e. The summed E-state index contributed by atoms with van der Waals surface area (Å²) in [7, 11) is 0. The van der Waals surface area contributed by atoms with Gasteiger partial charge in [0.15, 0.2) is 18.2 Å². The quantitative estimate of drug-likeness (QED) is 0.120. The lowest BCUT2D eigenvalue weighted by atomic mass is 9.72. The van der Waals surface area contributed by atoms with Crippen LogP contribution in [0.1, 0.15) is 30.2 Å². The highest BCUT2D eigenvalue weighted by Gasteiger charge is 2.58. The van der Waals surface area contributed by atoms with Crippen molar-refractivity contribution < 1.29 is 41.3 Å². The monoisotopic (exact) mass is 629 g/mol. The Labute approximate surface area is 251 Å². The summed E-state index contributed by atoms with van der Waals surface area (Å²) >= 11 is 1.14. The molecule has 0 fully saturated rings. The number of rotatable bonds is 8. The summed E-state index contributed by atoms with van der Waals surface area (Å²) in [6.45, 7) is 0.315. The fourth-order valence-electron chi connectivity index (χ4n) is 5.47. The molecule has 44 heavy (non-hydrogen) atoms. The predicted molar refractivity (Wildman–Crippen MR) is 153 cm³/mol. The van der Waals surface area contributed by atoms with Crippen LogP contribution < -0.4 is 9.47 Å². The van der Waals surface area contributed by atoms with Gasteiger partial charge in [0.2, 0.25) is 5.82 Å². The van der Waals surface area contributed by atoms with Gasteiger partial charge < -0.3 is 24.5 Å². The van der Waals surface area contributed by atoms with Crippen molar-refractivity contribution in [3.63, 3.8) is 0 Å². The van der Waals surface area contributed by atoms with E-state index in [2.05, 4.69) is 15.0 Å². The van der Waals surface area contributed by atoms with Gasteiger partial charge in [0.25, 0.3) is 5.92 Å². The molecule has 228 valence electrons. The van der Waals surface area contributed by atoms with Crippen molar-refractivity contribution in [3.8, 4) is 28.6 Å². The van der Waals surface area contributed by atoms with Crippen molar-refractivity contribution in [1.82, 2.24) is 15.0 Å². The molecule has 2 aromatic heterocycles. The molecule has 6 rings (SSSR count). The van der Waals surface area contributed by atoms with Gasteiger partial charge in [-0.15, -0.1) is 11.8 Å². The summed E-state index contributed by atoms with van der Waals surface area (Å²) in [5.74, 6) is -7.99. The van der Waals surface area contributed by atoms with E-state index in [0.29, 0.717) is 15.8 Å². The molecule has 3 heterocycles. The Hall–Kier alpha value is -4.52.